The summed E-state index contributed by atoms with van der Waals surface area (Å²) in [5, 5.41) is 0. The Morgan fingerprint density at radius 3 is 2.65 bits per heavy atom. The Bertz CT molecular complexity index is 796. The molecule has 1 heterocycles. The standard InChI is InChI=1S/C22H23BrO3/c1-25-22(24)13-19(14-2-3-14)17-5-4-16-8-11-20(26-21(16)12-17)15-6-9-18(23)10-7-15/h4-7,9-10,12,14,19-20H,2-3,8,11,13H2,1H3/t19-,20?/m0/s1. The van der Waals surface area contributed by atoms with Gasteiger partial charge in [-0.15, -0.1) is 0 Å². The van der Waals surface area contributed by atoms with E-state index >= 15 is 0 Å². The van der Waals surface area contributed by atoms with Crippen LogP contribution in [0.3, 0.4) is 0 Å². The summed E-state index contributed by atoms with van der Waals surface area (Å²) < 4.78 is 12.3. The molecule has 0 bridgehead atoms. The average molecular weight is 415 g/mol. The van der Waals surface area contributed by atoms with Gasteiger partial charge in [0.05, 0.1) is 13.5 Å². The molecule has 2 aliphatic rings. The molecule has 0 aromatic heterocycles. The highest BCUT2D eigenvalue weighted by Crippen LogP contribution is 2.46. The fraction of sp³-hybridized carbons (Fsp3) is 0.409. The molecule has 0 N–H and O–H groups in total. The van der Waals surface area contributed by atoms with Gasteiger partial charge >= 0.3 is 5.97 Å². The van der Waals surface area contributed by atoms with Crippen molar-refractivity contribution in [3.63, 3.8) is 0 Å². The number of methoxy groups -OCH3 is 1. The second kappa shape index (κ2) is 7.43. The normalized spacial score (nSPS) is 20.0. The van der Waals surface area contributed by atoms with Gasteiger partial charge in [0.1, 0.15) is 11.9 Å². The summed E-state index contributed by atoms with van der Waals surface area (Å²) in [6.45, 7) is 0. The van der Waals surface area contributed by atoms with E-state index in [1.165, 1.54) is 36.6 Å². The van der Waals surface area contributed by atoms with Gasteiger partial charge in [-0.3, -0.25) is 4.79 Å². The smallest absolute Gasteiger partial charge is 0.306 e. The van der Waals surface area contributed by atoms with Crippen molar-refractivity contribution in [1.82, 2.24) is 0 Å². The summed E-state index contributed by atoms with van der Waals surface area (Å²) in [6, 6.07) is 14.9. The first-order valence-electron chi connectivity index (χ1n) is 9.26. The van der Waals surface area contributed by atoms with Crippen molar-refractivity contribution in [2.75, 3.05) is 7.11 Å². The number of aryl methyl sites for hydroxylation is 1. The molecule has 0 saturated heterocycles. The predicted molar refractivity (Wildman–Crippen MR) is 104 cm³/mol. The van der Waals surface area contributed by atoms with Crippen LogP contribution in [0, 0.1) is 5.92 Å². The minimum Gasteiger partial charge on any atom is -0.485 e. The van der Waals surface area contributed by atoms with Crippen LogP contribution >= 0.6 is 15.9 Å². The molecule has 26 heavy (non-hydrogen) atoms. The van der Waals surface area contributed by atoms with Crippen molar-refractivity contribution in [2.45, 2.75) is 44.1 Å². The van der Waals surface area contributed by atoms with Crippen molar-refractivity contribution in [1.29, 1.82) is 0 Å². The van der Waals surface area contributed by atoms with Crippen LogP contribution in [0.4, 0.5) is 0 Å². The first-order chi connectivity index (χ1) is 12.6. The van der Waals surface area contributed by atoms with Crippen LogP contribution in [0.2, 0.25) is 0 Å². The molecule has 1 aliphatic heterocycles. The Morgan fingerprint density at radius 1 is 1.19 bits per heavy atom. The first kappa shape index (κ1) is 17.6. The molecule has 2 aromatic carbocycles. The lowest BCUT2D eigenvalue weighted by Gasteiger charge is -2.28. The number of carbonyl (C=O) groups is 1. The van der Waals surface area contributed by atoms with Crippen LogP contribution in [0.15, 0.2) is 46.9 Å². The molecule has 3 nitrogen and oxygen atoms in total. The molecule has 0 amide bonds. The van der Waals surface area contributed by atoms with E-state index in [-0.39, 0.29) is 18.0 Å². The molecule has 0 spiro atoms. The fourth-order valence-electron chi connectivity index (χ4n) is 3.85. The zero-order valence-electron chi connectivity index (χ0n) is 14.9. The third kappa shape index (κ3) is 3.80. The van der Waals surface area contributed by atoms with Gasteiger partial charge in [-0.05, 0) is 72.4 Å². The Balaban J connectivity index is 1.57. The molecular formula is C22H23BrO3. The summed E-state index contributed by atoms with van der Waals surface area (Å²) in [7, 11) is 1.46. The number of carbonyl (C=O) groups excluding carboxylic acids is 1. The van der Waals surface area contributed by atoms with Gasteiger partial charge in [0, 0.05) is 4.47 Å². The maximum absolute atomic E-state index is 11.8. The highest BCUT2D eigenvalue weighted by molar-refractivity contribution is 9.10. The number of fused-ring (bicyclic) bond motifs is 1. The minimum absolute atomic E-state index is 0.0887. The first-order valence-corrected chi connectivity index (χ1v) is 10.0. The maximum atomic E-state index is 11.8. The van der Waals surface area contributed by atoms with Crippen molar-refractivity contribution >= 4 is 21.9 Å². The molecule has 1 fully saturated rings. The summed E-state index contributed by atoms with van der Waals surface area (Å²) in [6.07, 6.45) is 4.94. The zero-order valence-corrected chi connectivity index (χ0v) is 16.5. The largest absolute Gasteiger partial charge is 0.485 e. The van der Waals surface area contributed by atoms with Crippen LogP contribution in [-0.2, 0) is 16.0 Å². The molecule has 4 heteroatoms. The minimum atomic E-state index is -0.131. The lowest BCUT2D eigenvalue weighted by Crippen LogP contribution is -2.16. The van der Waals surface area contributed by atoms with E-state index in [2.05, 4.69) is 58.4 Å². The predicted octanol–water partition coefficient (Wildman–Crippen LogP) is 5.57. The van der Waals surface area contributed by atoms with Crippen molar-refractivity contribution in [2.24, 2.45) is 5.92 Å². The van der Waals surface area contributed by atoms with Crippen molar-refractivity contribution < 1.29 is 14.3 Å². The second-order valence-electron chi connectivity index (χ2n) is 7.29. The Hall–Kier alpha value is -1.81. The van der Waals surface area contributed by atoms with Gasteiger partial charge in [0.15, 0.2) is 0 Å². The highest BCUT2D eigenvalue weighted by atomic mass is 79.9. The van der Waals surface area contributed by atoms with Crippen LogP contribution in [-0.4, -0.2) is 13.1 Å². The topological polar surface area (TPSA) is 35.5 Å². The van der Waals surface area contributed by atoms with E-state index in [0.29, 0.717) is 12.3 Å². The molecule has 2 aromatic rings. The van der Waals surface area contributed by atoms with Gasteiger partial charge < -0.3 is 9.47 Å². The quantitative estimate of drug-likeness (QED) is 0.599. The van der Waals surface area contributed by atoms with Crippen molar-refractivity contribution in [3.05, 3.63) is 63.6 Å². The van der Waals surface area contributed by atoms with Gasteiger partial charge in [-0.1, -0.05) is 40.2 Å². The van der Waals surface area contributed by atoms with Crippen LogP contribution in [0.5, 0.6) is 5.75 Å². The van der Waals surface area contributed by atoms with E-state index in [4.69, 9.17) is 9.47 Å². The highest BCUT2D eigenvalue weighted by Gasteiger charge is 2.34. The molecule has 1 aliphatic carbocycles. The summed E-state index contributed by atoms with van der Waals surface area (Å²) in [5.41, 5.74) is 3.67. The van der Waals surface area contributed by atoms with Gasteiger partial charge in [-0.25, -0.2) is 0 Å². The van der Waals surface area contributed by atoms with E-state index in [9.17, 15) is 4.79 Å². The summed E-state index contributed by atoms with van der Waals surface area (Å²) in [4.78, 5) is 11.8. The molecular weight excluding hydrogens is 392 g/mol. The maximum Gasteiger partial charge on any atom is 0.306 e. The van der Waals surface area contributed by atoms with Crippen LogP contribution < -0.4 is 4.74 Å². The number of ether oxygens (including phenoxy) is 2. The van der Waals surface area contributed by atoms with E-state index in [1.807, 2.05) is 0 Å². The number of rotatable bonds is 5. The van der Waals surface area contributed by atoms with Crippen molar-refractivity contribution in [3.8, 4) is 5.75 Å². The number of benzene rings is 2. The van der Waals surface area contributed by atoms with Gasteiger partial charge in [0.25, 0.3) is 0 Å². The average Bonchev–Trinajstić information content (AvgIpc) is 3.50. The van der Waals surface area contributed by atoms with E-state index in [1.54, 1.807) is 0 Å². The van der Waals surface area contributed by atoms with Crippen LogP contribution in [0.1, 0.15) is 54.4 Å². The number of esters is 1. The third-order valence-electron chi connectivity index (χ3n) is 5.51. The monoisotopic (exact) mass is 414 g/mol. The Kier molecular flexibility index (Phi) is 5.03. The van der Waals surface area contributed by atoms with Gasteiger partial charge in [0.2, 0.25) is 0 Å². The Morgan fingerprint density at radius 2 is 1.96 bits per heavy atom. The lowest BCUT2D eigenvalue weighted by atomic mass is 9.88. The summed E-state index contributed by atoms with van der Waals surface area (Å²) in [5.74, 6) is 1.67. The van der Waals surface area contributed by atoms with E-state index < -0.39 is 0 Å². The molecule has 1 saturated carbocycles. The fourth-order valence-corrected chi connectivity index (χ4v) is 4.11. The number of hydrogen-bond donors (Lipinski definition) is 0. The van der Waals surface area contributed by atoms with Crippen LogP contribution in [0.25, 0.3) is 0 Å². The second-order valence-corrected chi connectivity index (χ2v) is 8.20. The lowest BCUT2D eigenvalue weighted by molar-refractivity contribution is -0.141. The third-order valence-corrected chi connectivity index (χ3v) is 6.04. The van der Waals surface area contributed by atoms with E-state index in [0.717, 1.165) is 23.1 Å². The van der Waals surface area contributed by atoms with Gasteiger partial charge in [-0.2, -0.15) is 0 Å². The number of hydrogen-bond acceptors (Lipinski definition) is 3. The molecule has 2 atom stereocenters. The molecule has 0 radical (unpaired) electrons. The summed E-state index contributed by atoms with van der Waals surface area (Å²) >= 11 is 3.49. The Labute approximate surface area is 162 Å². The number of halogens is 1. The molecule has 4 rings (SSSR count). The molecule has 1 unspecified atom stereocenters. The molecule has 136 valence electrons. The zero-order chi connectivity index (χ0) is 18.1. The SMILES string of the molecule is COC(=O)C[C@H](c1ccc2c(c1)OC(c1ccc(Br)cc1)CC2)C1CC1.